The number of halogens is 3. The van der Waals surface area contributed by atoms with Crippen molar-refractivity contribution in [1.82, 2.24) is 14.9 Å². The predicted molar refractivity (Wildman–Crippen MR) is 88.9 cm³/mol. The van der Waals surface area contributed by atoms with Crippen LogP contribution in [0.4, 0.5) is 13.2 Å². The summed E-state index contributed by atoms with van der Waals surface area (Å²) in [5.74, 6) is -0.310. The zero-order chi connectivity index (χ0) is 19.8. The molecule has 2 aromatic rings. The number of nitrogens with one attached hydrogen (secondary N) is 1. The lowest BCUT2D eigenvalue weighted by Crippen LogP contribution is -2.36. The van der Waals surface area contributed by atoms with Gasteiger partial charge in [0.15, 0.2) is 0 Å². The first-order chi connectivity index (χ1) is 12.5. The highest BCUT2D eigenvalue weighted by Gasteiger charge is 2.31. The van der Waals surface area contributed by atoms with Crippen molar-refractivity contribution in [3.8, 4) is 5.75 Å². The third-order valence-corrected chi connectivity index (χ3v) is 4.91. The molecule has 1 aliphatic heterocycles. The molecular weight excluding hydrogens is 387 g/mol. The summed E-state index contributed by atoms with van der Waals surface area (Å²) in [6.45, 7) is 1.00. The molecule has 0 atom stereocenters. The molecule has 0 amide bonds. The normalized spacial score (nSPS) is 15.4. The fraction of sp³-hybridized carbons (Fsp3) is 0.375. The van der Waals surface area contributed by atoms with Crippen LogP contribution in [0.2, 0.25) is 0 Å². The van der Waals surface area contributed by atoms with Crippen molar-refractivity contribution >= 4 is 9.84 Å². The molecule has 11 heteroatoms. The van der Waals surface area contributed by atoms with E-state index in [2.05, 4.69) is 14.7 Å². The zero-order valence-electron chi connectivity index (χ0n) is 14.2. The van der Waals surface area contributed by atoms with E-state index in [1.165, 1.54) is 18.2 Å². The van der Waals surface area contributed by atoms with Gasteiger partial charge in [0.05, 0.1) is 11.3 Å². The Morgan fingerprint density at radius 3 is 2.74 bits per heavy atom. The summed E-state index contributed by atoms with van der Waals surface area (Å²) in [7, 11) is -3.63. The molecule has 0 fully saturated rings. The predicted octanol–water partition coefficient (Wildman–Crippen LogP) is 1.63. The van der Waals surface area contributed by atoms with E-state index in [1.54, 1.807) is 6.07 Å². The third kappa shape index (κ3) is 4.86. The Bertz CT molecular complexity index is 1020. The van der Waals surface area contributed by atoms with Crippen LogP contribution in [0.15, 0.2) is 34.2 Å². The van der Waals surface area contributed by atoms with Gasteiger partial charge in [0.25, 0.3) is 5.56 Å². The molecule has 7 nitrogen and oxygen atoms in total. The average Bonchev–Trinajstić information content (AvgIpc) is 2.53. The number of sulfone groups is 1. The van der Waals surface area contributed by atoms with Gasteiger partial charge in [-0.25, -0.2) is 13.4 Å². The van der Waals surface area contributed by atoms with Gasteiger partial charge in [0, 0.05) is 32.3 Å². The molecule has 0 radical (unpaired) electrons. The fourth-order valence-electron chi connectivity index (χ4n) is 2.87. The fourth-order valence-corrected chi connectivity index (χ4v) is 3.42. The first kappa shape index (κ1) is 19.4. The Kier molecular flexibility index (Phi) is 5.00. The van der Waals surface area contributed by atoms with Gasteiger partial charge in [-0.2, -0.15) is 0 Å². The molecule has 1 aliphatic rings. The second kappa shape index (κ2) is 6.97. The monoisotopic (exact) mass is 403 g/mol. The van der Waals surface area contributed by atoms with Crippen LogP contribution < -0.4 is 10.3 Å². The molecule has 0 bridgehead atoms. The molecule has 0 saturated heterocycles. The molecule has 0 saturated carbocycles. The number of fused-ring (bicyclic) bond motifs is 1. The van der Waals surface area contributed by atoms with Crippen LogP contribution in [0.5, 0.6) is 5.75 Å². The van der Waals surface area contributed by atoms with E-state index >= 15 is 0 Å². The third-order valence-electron chi connectivity index (χ3n) is 4.02. The van der Waals surface area contributed by atoms with E-state index in [0.29, 0.717) is 36.3 Å². The number of hydrogen-bond acceptors (Lipinski definition) is 6. The van der Waals surface area contributed by atoms with Crippen LogP contribution in [-0.4, -0.2) is 42.4 Å². The number of H-pyrrole nitrogens is 1. The second-order valence-corrected chi connectivity index (χ2v) is 8.16. The van der Waals surface area contributed by atoms with Crippen molar-refractivity contribution in [3.05, 3.63) is 51.4 Å². The first-order valence-electron chi connectivity index (χ1n) is 7.90. The SMILES string of the molecule is CS(=O)(=O)c1nc2c(c(=O)[nH]1)CN(Cc1cccc(OC(F)(F)F)c1)CC2. The van der Waals surface area contributed by atoms with Crippen molar-refractivity contribution < 1.29 is 26.3 Å². The minimum atomic E-state index is -4.76. The Balaban J connectivity index is 1.78. The summed E-state index contributed by atoms with van der Waals surface area (Å²) in [5, 5.41) is -0.364. The number of benzene rings is 1. The van der Waals surface area contributed by atoms with E-state index in [1.807, 2.05) is 4.90 Å². The Morgan fingerprint density at radius 1 is 1.33 bits per heavy atom. The minimum absolute atomic E-state index is 0.214. The van der Waals surface area contributed by atoms with E-state index in [9.17, 15) is 26.4 Å². The number of alkyl halides is 3. The van der Waals surface area contributed by atoms with E-state index in [0.717, 1.165) is 6.26 Å². The number of nitrogens with zero attached hydrogens (tertiary/aromatic N) is 2. The maximum absolute atomic E-state index is 12.3. The first-order valence-corrected chi connectivity index (χ1v) is 9.79. The highest BCUT2D eigenvalue weighted by molar-refractivity contribution is 7.90. The molecular formula is C16H16F3N3O4S. The van der Waals surface area contributed by atoms with E-state index in [4.69, 9.17) is 0 Å². The number of hydrogen-bond donors (Lipinski definition) is 1. The smallest absolute Gasteiger partial charge is 0.406 e. The summed E-state index contributed by atoms with van der Waals surface area (Å²) >= 11 is 0. The topological polar surface area (TPSA) is 92.4 Å². The van der Waals surface area contributed by atoms with Crippen LogP contribution >= 0.6 is 0 Å². The molecule has 0 unspecified atom stereocenters. The van der Waals surface area contributed by atoms with Gasteiger partial charge in [-0.1, -0.05) is 12.1 Å². The number of aromatic amines is 1. The van der Waals surface area contributed by atoms with Crippen LogP contribution in [0.3, 0.4) is 0 Å². The maximum atomic E-state index is 12.3. The summed E-state index contributed by atoms with van der Waals surface area (Å²) in [6.07, 6.45) is -3.44. The van der Waals surface area contributed by atoms with Gasteiger partial charge in [-0.05, 0) is 17.7 Å². The van der Waals surface area contributed by atoms with Gasteiger partial charge in [-0.15, -0.1) is 13.2 Å². The molecule has 1 aromatic carbocycles. The van der Waals surface area contributed by atoms with Crippen LogP contribution in [-0.2, 0) is 29.3 Å². The van der Waals surface area contributed by atoms with Gasteiger partial charge in [0.1, 0.15) is 5.75 Å². The molecule has 146 valence electrons. The van der Waals surface area contributed by atoms with Gasteiger partial charge >= 0.3 is 6.36 Å². The number of ether oxygens (including phenoxy) is 1. The van der Waals surface area contributed by atoms with Gasteiger partial charge in [-0.3, -0.25) is 14.7 Å². The lowest BCUT2D eigenvalue weighted by Gasteiger charge is -2.27. The summed E-state index contributed by atoms with van der Waals surface area (Å²) in [4.78, 5) is 20.4. The molecule has 0 aliphatic carbocycles. The lowest BCUT2D eigenvalue weighted by atomic mass is 10.1. The van der Waals surface area contributed by atoms with E-state index < -0.39 is 21.8 Å². The maximum Gasteiger partial charge on any atom is 0.573 e. The zero-order valence-corrected chi connectivity index (χ0v) is 15.0. The average molecular weight is 403 g/mol. The number of rotatable bonds is 4. The van der Waals surface area contributed by atoms with E-state index in [-0.39, 0.29) is 17.5 Å². The molecule has 1 aromatic heterocycles. The molecule has 0 spiro atoms. The molecule has 27 heavy (non-hydrogen) atoms. The van der Waals surface area contributed by atoms with Crippen molar-refractivity contribution in [2.75, 3.05) is 12.8 Å². The molecule has 3 rings (SSSR count). The van der Waals surface area contributed by atoms with Crippen LogP contribution in [0.1, 0.15) is 16.8 Å². The van der Waals surface area contributed by atoms with Crippen LogP contribution in [0, 0.1) is 0 Å². The summed E-state index contributed by atoms with van der Waals surface area (Å²) in [6, 6.07) is 5.62. The summed E-state index contributed by atoms with van der Waals surface area (Å²) < 4.78 is 64.1. The highest BCUT2D eigenvalue weighted by Crippen LogP contribution is 2.24. The van der Waals surface area contributed by atoms with Crippen molar-refractivity contribution in [2.24, 2.45) is 0 Å². The molecule has 1 N–H and O–H groups in total. The Labute approximate surface area is 152 Å². The number of aromatic nitrogens is 2. The van der Waals surface area contributed by atoms with Crippen molar-refractivity contribution in [2.45, 2.75) is 31.0 Å². The Hall–Kier alpha value is -2.40. The summed E-state index contributed by atoms with van der Waals surface area (Å²) in [5.41, 5.74) is 0.845. The van der Waals surface area contributed by atoms with Crippen LogP contribution in [0.25, 0.3) is 0 Å². The van der Waals surface area contributed by atoms with Crippen molar-refractivity contribution in [1.29, 1.82) is 0 Å². The lowest BCUT2D eigenvalue weighted by molar-refractivity contribution is -0.274. The highest BCUT2D eigenvalue weighted by atomic mass is 32.2. The quantitative estimate of drug-likeness (QED) is 0.781. The Morgan fingerprint density at radius 2 is 2.07 bits per heavy atom. The minimum Gasteiger partial charge on any atom is -0.406 e. The molecule has 2 heterocycles. The van der Waals surface area contributed by atoms with Gasteiger partial charge < -0.3 is 4.74 Å². The van der Waals surface area contributed by atoms with Gasteiger partial charge in [0.2, 0.25) is 15.0 Å². The standard InChI is InChI=1S/C16H16F3N3O4S/c1-27(24,25)15-20-13-5-6-22(9-12(13)14(23)21-15)8-10-3-2-4-11(7-10)26-16(17,18)19/h2-4,7H,5-6,8-9H2,1H3,(H,20,21,23). The largest absolute Gasteiger partial charge is 0.573 e. The second-order valence-electron chi connectivity index (χ2n) is 6.22. The van der Waals surface area contributed by atoms with Crippen molar-refractivity contribution in [3.63, 3.8) is 0 Å².